The van der Waals surface area contributed by atoms with Crippen molar-refractivity contribution in [1.82, 2.24) is 14.9 Å². The van der Waals surface area contributed by atoms with Crippen LogP contribution in [0.3, 0.4) is 0 Å². The van der Waals surface area contributed by atoms with E-state index in [0.29, 0.717) is 0 Å². The molecule has 0 saturated heterocycles. The average molecular weight is 251 g/mol. The lowest BCUT2D eigenvalue weighted by Crippen LogP contribution is -2.23. The molecule has 5 nitrogen and oxygen atoms in total. The van der Waals surface area contributed by atoms with E-state index in [1.807, 2.05) is 31.2 Å². The average Bonchev–Trinajstić information content (AvgIpc) is 2.82. The van der Waals surface area contributed by atoms with Crippen molar-refractivity contribution >= 4 is 10.0 Å². The SMILES string of the molecule is Cc1ccccc1CNS(=O)(=O)c1cn[nH]c1. The Kier molecular flexibility index (Phi) is 3.26. The first-order valence-electron chi connectivity index (χ1n) is 5.12. The zero-order valence-corrected chi connectivity index (χ0v) is 10.2. The van der Waals surface area contributed by atoms with E-state index < -0.39 is 10.0 Å². The first-order chi connectivity index (χ1) is 8.09. The highest BCUT2D eigenvalue weighted by molar-refractivity contribution is 7.89. The summed E-state index contributed by atoms with van der Waals surface area (Å²) in [7, 11) is -3.48. The second-order valence-electron chi connectivity index (χ2n) is 3.69. The quantitative estimate of drug-likeness (QED) is 0.857. The number of nitrogens with zero attached hydrogens (tertiary/aromatic N) is 1. The van der Waals surface area contributed by atoms with Crippen LogP contribution in [0.15, 0.2) is 41.6 Å². The van der Waals surface area contributed by atoms with Crippen LogP contribution in [0.1, 0.15) is 11.1 Å². The Morgan fingerprint density at radius 1 is 1.35 bits per heavy atom. The first kappa shape index (κ1) is 11.8. The summed E-state index contributed by atoms with van der Waals surface area (Å²) in [5.41, 5.74) is 2.02. The van der Waals surface area contributed by atoms with Crippen molar-refractivity contribution in [2.45, 2.75) is 18.4 Å². The summed E-state index contributed by atoms with van der Waals surface area (Å²) in [5.74, 6) is 0. The Bertz CT molecular complexity index is 591. The van der Waals surface area contributed by atoms with Crippen LogP contribution in [0.25, 0.3) is 0 Å². The molecule has 0 unspecified atom stereocenters. The molecule has 2 rings (SSSR count). The van der Waals surface area contributed by atoms with Crippen molar-refractivity contribution in [1.29, 1.82) is 0 Å². The zero-order valence-electron chi connectivity index (χ0n) is 9.34. The van der Waals surface area contributed by atoms with Gasteiger partial charge in [0, 0.05) is 12.7 Å². The molecule has 0 aliphatic carbocycles. The van der Waals surface area contributed by atoms with Crippen molar-refractivity contribution < 1.29 is 8.42 Å². The van der Waals surface area contributed by atoms with Gasteiger partial charge in [-0.3, -0.25) is 5.10 Å². The molecule has 0 spiro atoms. The number of aromatic nitrogens is 2. The minimum Gasteiger partial charge on any atom is -0.284 e. The van der Waals surface area contributed by atoms with Crippen LogP contribution < -0.4 is 4.72 Å². The van der Waals surface area contributed by atoms with Crippen molar-refractivity contribution in [2.75, 3.05) is 0 Å². The Balaban J connectivity index is 2.12. The number of aromatic amines is 1. The smallest absolute Gasteiger partial charge is 0.243 e. The van der Waals surface area contributed by atoms with Crippen molar-refractivity contribution in [2.24, 2.45) is 0 Å². The molecule has 0 saturated carbocycles. The number of rotatable bonds is 4. The molecule has 0 radical (unpaired) electrons. The van der Waals surface area contributed by atoms with Crippen LogP contribution in [0.5, 0.6) is 0 Å². The summed E-state index contributed by atoms with van der Waals surface area (Å²) < 4.78 is 26.1. The number of nitrogens with one attached hydrogen (secondary N) is 2. The molecule has 0 bridgehead atoms. The fourth-order valence-corrected chi connectivity index (χ4v) is 2.36. The number of H-pyrrole nitrogens is 1. The molecule has 0 amide bonds. The maximum atomic E-state index is 11.8. The van der Waals surface area contributed by atoms with Gasteiger partial charge in [-0.15, -0.1) is 0 Å². The molecule has 0 atom stereocenters. The minimum absolute atomic E-state index is 0.145. The van der Waals surface area contributed by atoms with Gasteiger partial charge in [-0.2, -0.15) is 5.10 Å². The molecule has 6 heteroatoms. The molecular weight excluding hydrogens is 238 g/mol. The van der Waals surface area contributed by atoms with E-state index in [2.05, 4.69) is 14.9 Å². The highest BCUT2D eigenvalue weighted by Crippen LogP contribution is 2.09. The third-order valence-electron chi connectivity index (χ3n) is 2.50. The summed E-state index contributed by atoms with van der Waals surface area (Å²) in [6.45, 7) is 2.22. The molecule has 2 N–H and O–H groups in total. The highest BCUT2D eigenvalue weighted by Gasteiger charge is 2.14. The van der Waals surface area contributed by atoms with E-state index in [1.54, 1.807) is 0 Å². The van der Waals surface area contributed by atoms with Gasteiger partial charge >= 0.3 is 0 Å². The molecule has 90 valence electrons. The Hall–Kier alpha value is -1.66. The summed E-state index contributed by atoms with van der Waals surface area (Å²) in [6.07, 6.45) is 2.63. The van der Waals surface area contributed by atoms with Crippen LogP contribution in [0.4, 0.5) is 0 Å². The predicted molar refractivity (Wildman–Crippen MR) is 63.8 cm³/mol. The van der Waals surface area contributed by atoms with Gasteiger partial charge in [-0.05, 0) is 18.1 Å². The third-order valence-corrected chi connectivity index (χ3v) is 3.87. The standard InChI is InChI=1S/C11H13N3O2S/c1-9-4-2-3-5-10(9)6-14-17(15,16)11-7-12-13-8-11/h2-5,7-8,14H,6H2,1H3,(H,12,13). The van der Waals surface area contributed by atoms with Gasteiger partial charge in [0.15, 0.2) is 0 Å². The molecule has 0 aliphatic rings. The molecule has 1 aromatic heterocycles. The summed E-state index contributed by atoms with van der Waals surface area (Å²) in [5, 5.41) is 6.09. The van der Waals surface area contributed by atoms with Gasteiger partial charge in [-0.25, -0.2) is 13.1 Å². The Morgan fingerprint density at radius 2 is 2.12 bits per heavy atom. The van der Waals surface area contributed by atoms with E-state index in [9.17, 15) is 8.42 Å². The third kappa shape index (κ3) is 2.72. The van der Waals surface area contributed by atoms with Gasteiger partial charge in [0.1, 0.15) is 4.90 Å². The van der Waals surface area contributed by atoms with Crippen LogP contribution in [0, 0.1) is 6.92 Å². The molecular formula is C11H13N3O2S. The maximum absolute atomic E-state index is 11.8. The van der Waals surface area contributed by atoms with Gasteiger partial charge in [-0.1, -0.05) is 24.3 Å². The second-order valence-corrected chi connectivity index (χ2v) is 5.45. The number of hydrogen-bond acceptors (Lipinski definition) is 3. The molecule has 0 aliphatic heterocycles. The zero-order chi connectivity index (χ0) is 12.3. The summed E-state index contributed by atoms with van der Waals surface area (Å²) in [6, 6.07) is 7.65. The summed E-state index contributed by atoms with van der Waals surface area (Å²) >= 11 is 0. The van der Waals surface area contributed by atoms with E-state index >= 15 is 0 Å². The fourth-order valence-electron chi connectivity index (χ4n) is 1.45. The predicted octanol–water partition coefficient (Wildman–Crippen LogP) is 1.20. The highest BCUT2D eigenvalue weighted by atomic mass is 32.2. The number of sulfonamides is 1. The van der Waals surface area contributed by atoms with E-state index in [4.69, 9.17) is 0 Å². The lowest BCUT2D eigenvalue weighted by atomic mass is 10.1. The number of benzene rings is 1. The second kappa shape index (κ2) is 4.68. The number of hydrogen-bond donors (Lipinski definition) is 2. The van der Waals surface area contributed by atoms with Crippen LogP contribution in [-0.2, 0) is 16.6 Å². The van der Waals surface area contributed by atoms with Gasteiger partial charge in [0.25, 0.3) is 0 Å². The normalized spacial score (nSPS) is 11.6. The van der Waals surface area contributed by atoms with Crippen molar-refractivity contribution in [3.8, 4) is 0 Å². The van der Waals surface area contributed by atoms with Crippen LogP contribution >= 0.6 is 0 Å². The lowest BCUT2D eigenvalue weighted by molar-refractivity contribution is 0.581. The minimum atomic E-state index is -3.48. The van der Waals surface area contributed by atoms with Crippen molar-refractivity contribution in [3.63, 3.8) is 0 Å². The Morgan fingerprint density at radius 3 is 2.76 bits per heavy atom. The summed E-state index contributed by atoms with van der Waals surface area (Å²) in [4.78, 5) is 0.145. The lowest BCUT2D eigenvalue weighted by Gasteiger charge is -2.07. The van der Waals surface area contributed by atoms with E-state index in [-0.39, 0.29) is 11.4 Å². The monoisotopic (exact) mass is 251 g/mol. The fraction of sp³-hybridized carbons (Fsp3) is 0.182. The first-order valence-corrected chi connectivity index (χ1v) is 6.61. The van der Waals surface area contributed by atoms with Gasteiger partial charge < -0.3 is 0 Å². The molecule has 0 fully saturated rings. The molecule has 17 heavy (non-hydrogen) atoms. The van der Waals surface area contributed by atoms with Crippen molar-refractivity contribution in [3.05, 3.63) is 47.8 Å². The van der Waals surface area contributed by atoms with E-state index in [0.717, 1.165) is 11.1 Å². The van der Waals surface area contributed by atoms with Crippen LogP contribution in [-0.4, -0.2) is 18.6 Å². The molecule has 2 aromatic rings. The molecule has 1 heterocycles. The largest absolute Gasteiger partial charge is 0.284 e. The number of aryl methyl sites for hydroxylation is 1. The van der Waals surface area contributed by atoms with Crippen LogP contribution in [0.2, 0.25) is 0 Å². The van der Waals surface area contributed by atoms with Gasteiger partial charge in [0.2, 0.25) is 10.0 Å². The Labute approximate surface area is 99.9 Å². The van der Waals surface area contributed by atoms with Gasteiger partial charge in [0.05, 0.1) is 6.20 Å². The molecule has 1 aromatic carbocycles. The van der Waals surface area contributed by atoms with E-state index in [1.165, 1.54) is 12.4 Å². The maximum Gasteiger partial charge on any atom is 0.243 e. The topological polar surface area (TPSA) is 74.8 Å².